The molecule has 5 nitrogen and oxygen atoms in total. The summed E-state index contributed by atoms with van der Waals surface area (Å²) in [5.74, 6) is 0.787. The van der Waals surface area contributed by atoms with Crippen LogP contribution in [0.15, 0.2) is 22.8 Å². The van der Waals surface area contributed by atoms with Gasteiger partial charge in [-0.05, 0) is 25.0 Å². The van der Waals surface area contributed by atoms with Gasteiger partial charge in [0.25, 0.3) is 0 Å². The van der Waals surface area contributed by atoms with Crippen molar-refractivity contribution in [2.24, 2.45) is 5.73 Å². The van der Waals surface area contributed by atoms with Gasteiger partial charge in [0.2, 0.25) is 0 Å². The van der Waals surface area contributed by atoms with Crippen LogP contribution >= 0.6 is 0 Å². The van der Waals surface area contributed by atoms with Crippen LogP contribution in [0, 0.1) is 0 Å². The van der Waals surface area contributed by atoms with Crippen LogP contribution in [0.5, 0.6) is 0 Å². The maximum absolute atomic E-state index is 6.06. The van der Waals surface area contributed by atoms with Gasteiger partial charge in [0.1, 0.15) is 11.9 Å². The Morgan fingerprint density at radius 2 is 2.11 bits per heavy atom. The molecule has 1 rings (SSSR count). The average Bonchev–Trinajstić information content (AvgIpc) is 2.95. The van der Waals surface area contributed by atoms with Crippen molar-refractivity contribution in [1.29, 1.82) is 0 Å². The van der Waals surface area contributed by atoms with E-state index < -0.39 is 0 Å². The van der Waals surface area contributed by atoms with E-state index in [4.69, 9.17) is 24.4 Å². The van der Waals surface area contributed by atoms with Crippen LogP contribution in [0.3, 0.4) is 0 Å². The second-order valence-corrected chi connectivity index (χ2v) is 4.34. The third-order valence-electron chi connectivity index (χ3n) is 2.85. The first-order chi connectivity index (χ1) is 9.29. The highest BCUT2D eigenvalue weighted by Crippen LogP contribution is 2.22. The lowest BCUT2D eigenvalue weighted by Crippen LogP contribution is -2.29. The minimum Gasteiger partial charge on any atom is -0.467 e. The summed E-state index contributed by atoms with van der Waals surface area (Å²) >= 11 is 0. The van der Waals surface area contributed by atoms with Gasteiger partial charge >= 0.3 is 0 Å². The average molecular weight is 271 g/mol. The monoisotopic (exact) mass is 271 g/mol. The van der Waals surface area contributed by atoms with Gasteiger partial charge in [-0.15, -0.1) is 0 Å². The first kappa shape index (κ1) is 16.2. The van der Waals surface area contributed by atoms with Crippen LogP contribution in [-0.4, -0.2) is 39.6 Å². The van der Waals surface area contributed by atoms with Crippen LogP contribution in [0.4, 0.5) is 0 Å². The molecular formula is C14H25NO4. The zero-order valence-electron chi connectivity index (χ0n) is 11.8. The van der Waals surface area contributed by atoms with Gasteiger partial charge in [0.05, 0.1) is 19.5 Å². The van der Waals surface area contributed by atoms with Crippen molar-refractivity contribution in [3.05, 3.63) is 24.2 Å². The van der Waals surface area contributed by atoms with E-state index in [-0.39, 0.29) is 12.1 Å². The number of rotatable bonds is 11. The standard InChI is InChI=1S/C14H25NO4/c1-3-12(15)14(13-6-4-8-18-13)19-9-5-7-17-11-10-16-2/h4,6,8,12,14H,3,5,7,9-11,15H2,1-2H3. The van der Waals surface area contributed by atoms with Crippen LogP contribution < -0.4 is 5.73 Å². The summed E-state index contributed by atoms with van der Waals surface area (Å²) in [4.78, 5) is 0. The summed E-state index contributed by atoms with van der Waals surface area (Å²) in [5.41, 5.74) is 6.06. The molecule has 0 spiro atoms. The lowest BCUT2D eigenvalue weighted by molar-refractivity contribution is 0.00137. The van der Waals surface area contributed by atoms with E-state index in [0.717, 1.165) is 18.6 Å². The molecule has 2 unspecified atom stereocenters. The predicted octanol–water partition coefficient (Wildman–Crippen LogP) is 2.13. The summed E-state index contributed by atoms with van der Waals surface area (Å²) in [6.07, 6.45) is 3.13. The fraction of sp³-hybridized carbons (Fsp3) is 0.714. The van der Waals surface area contributed by atoms with Crippen molar-refractivity contribution in [2.45, 2.75) is 31.9 Å². The molecule has 1 heterocycles. The maximum Gasteiger partial charge on any atom is 0.134 e. The molecule has 5 heteroatoms. The number of ether oxygens (including phenoxy) is 3. The minimum absolute atomic E-state index is 0.0550. The van der Waals surface area contributed by atoms with Crippen molar-refractivity contribution >= 4 is 0 Å². The largest absolute Gasteiger partial charge is 0.467 e. The molecule has 0 aliphatic rings. The smallest absolute Gasteiger partial charge is 0.134 e. The summed E-state index contributed by atoms with van der Waals surface area (Å²) in [6.45, 7) is 4.54. The predicted molar refractivity (Wildman–Crippen MR) is 73.0 cm³/mol. The molecule has 1 aromatic heterocycles. The molecule has 19 heavy (non-hydrogen) atoms. The molecule has 0 saturated heterocycles. The molecule has 0 amide bonds. The van der Waals surface area contributed by atoms with E-state index >= 15 is 0 Å². The highest BCUT2D eigenvalue weighted by molar-refractivity contribution is 5.04. The van der Waals surface area contributed by atoms with Crippen LogP contribution in [0.1, 0.15) is 31.6 Å². The number of furan rings is 1. The van der Waals surface area contributed by atoms with Crippen LogP contribution in [-0.2, 0) is 14.2 Å². The number of hydrogen-bond donors (Lipinski definition) is 1. The van der Waals surface area contributed by atoms with Crippen molar-refractivity contribution < 1.29 is 18.6 Å². The van der Waals surface area contributed by atoms with E-state index in [2.05, 4.69) is 0 Å². The normalized spacial score (nSPS) is 14.5. The van der Waals surface area contributed by atoms with E-state index in [1.807, 2.05) is 19.1 Å². The van der Waals surface area contributed by atoms with Crippen molar-refractivity contribution in [3.8, 4) is 0 Å². The minimum atomic E-state index is -0.182. The van der Waals surface area contributed by atoms with E-state index in [1.54, 1.807) is 13.4 Å². The molecule has 0 aliphatic carbocycles. The Hall–Kier alpha value is -0.880. The first-order valence-corrected chi connectivity index (χ1v) is 6.76. The molecule has 0 aliphatic heterocycles. The Morgan fingerprint density at radius 3 is 2.74 bits per heavy atom. The fourth-order valence-corrected chi connectivity index (χ4v) is 1.70. The molecule has 0 saturated carbocycles. The lowest BCUT2D eigenvalue weighted by Gasteiger charge is -2.21. The Balaban J connectivity index is 2.23. The van der Waals surface area contributed by atoms with Gasteiger partial charge < -0.3 is 24.4 Å². The fourth-order valence-electron chi connectivity index (χ4n) is 1.70. The van der Waals surface area contributed by atoms with Crippen LogP contribution in [0.2, 0.25) is 0 Å². The van der Waals surface area contributed by atoms with Crippen molar-refractivity contribution in [3.63, 3.8) is 0 Å². The second-order valence-electron chi connectivity index (χ2n) is 4.34. The van der Waals surface area contributed by atoms with Gasteiger partial charge in [-0.1, -0.05) is 6.92 Å². The van der Waals surface area contributed by atoms with Gasteiger partial charge in [-0.3, -0.25) is 0 Å². The van der Waals surface area contributed by atoms with E-state index in [9.17, 15) is 0 Å². The summed E-state index contributed by atoms with van der Waals surface area (Å²) in [7, 11) is 1.66. The Bertz CT molecular complexity index is 302. The van der Waals surface area contributed by atoms with Crippen LogP contribution in [0.25, 0.3) is 0 Å². The van der Waals surface area contributed by atoms with E-state index in [1.165, 1.54) is 0 Å². The summed E-state index contributed by atoms with van der Waals surface area (Å²) in [5, 5.41) is 0. The zero-order chi connectivity index (χ0) is 13.9. The third-order valence-corrected chi connectivity index (χ3v) is 2.85. The SMILES string of the molecule is CCC(N)C(OCCCOCCOC)c1ccco1. The van der Waals surface area contributed by atoms with Crippen molar-refractivity contribution in [2.75, 3.05) is 33.5 Å². The van der Waals surface area contributed by atoms with Gasteiger partial charge in [-0.2, -0.15) is 0 Å². The molecule has 1 aromatic rings. The second kappa shape index (κ2) is 9.97. The Morgan fingerprint density at radius 1 is 1.26 bits per heavy atom. The van der Waals surface area contributed by atoms with Gasteiger partial charge in [0, 0.05) is 26.4 Å². The first-order valence-electron chi connectivity index (χ1n) is 6.76. The molecule has 110 valence electrons. The molecule has 0 aromatic carbocycles. The topological polar surface area (TPSA) is 66.9 Å². The van der Waals surface area contributed by atoms with Gasteiger partial charge in [0.15, 0.2) is 0 Å². The maximum atomic E-state index is 6.06. The number of nitrogens with two attached hydrogens (primary N) is 1. The van der Waals surface area contributed by atoms with Crippen molar-refractivity contribution in [1.82, 2.24) is 0 Å². The summed E-state index contributed by atoms with van der Waals surface area (Å²) < 4.78 is 21.5. The number of methoxy groups -OCH3 is 1. The Kier molecular flexibility index (Phi) is 8.49. The molecule has 2 atom stereocenters. The molecule has 0 radical (unpaired) electrons. The highest BCUT2D eigenvalue weighted by Gasteiger charge is 2.21. The molecule has 0 bridgehead atoms. The zero-order valence-corrected chi connectivity index (χ0v) is 11.8. The summed E-state index contributed by atoms with van der Waals surface area (Å²) in [6, 6.07) is 3.69. The number of hydrogen-bond acceptors (Lipinski definition) is 5. The Labute approximate surface area is 115 Å². The molecule has 0 fully saturated rings. The van der Waals surface area contributed by atoms with Gasteiger partial charge in [-0.25, -0.2) is 0 Å². The third kappa shape index (κ3) is 6.20. The quantitative estimate of drug-likeness (QED) is 0.624. The van der Waals surface area contributed by atoms with E-state index in [0.29, 0.717) is 26.4 Å². The highest BCUT2D eigenvalue weighted by atomic mass is 16.5. The molecule has 2 N–H and O–H groups in total. The molecular weight excluding hydrogens is 246 g/mol. The lowest BCUT2D eigenvalue weighted by atomic mass is 10.1.